The highest BCUT2D eigenvalue weighted by molar-refractivity contribution is 7.10. The van der Waals surface area contributed by atoms with E-state index in [0.717, 1.165) is 31.6 Å². The van der Waals surface area contributed by atoms with Crippen LogP contribution < -0.4 is 4.74 Å². The van der Waals surface area contributed by atoms with E-state index in [1.54, 1.807) is 11.3 Å². The summed E-state index contributed by atoms with van der Waals surface area (Å²) < 4.78 is 17.5. The monoisotopic (exact) mass is 502 g/mol. The molecule has 4 rings (SSSR count). The molecule has 35 heavy (non-hydrogen) atoms. The second-order valence-corrected chi connectivity index (χ2v) is 10.6. The Morgan fingerprint density at radius 1 is 1.29 bits per heavy atom. The summed E-state index contributed by atoms with van der Waals surface area (Å²) in [5.74, 6) is 0.856. The van der Waals surface area contributed by atoms with Gasteiger partial charge in [0.1, 0.15) is 12.4 Å². The van der Waals surface area contributed by atoms with Crippen LogP contribution >= 0.6 is 11.3 Å². The van der Waals surface area contributed by atoms with Crippen LogP contribution in [0.5, 0.6) is 5.75 Å². The Labute approximate surface area is 212 Å². The average molecular weight is 503 g/mol. The minimum absolute atomic E-state index is 0.0522. The fourth-order valence-corrected chi connectivity index (χ4v) is 5.71. The van der Waals surface area contributed by atoms with Crippen LogP contribution in [0.1, 0.15) is 43.2 Å². The molecule has 1 aromatic heterocycles. The summed E-state index contributed by atoms with van der Waals surface area (Å²) in [4.78, 5) is 19.0. The van der Waals surface area contributed by atoms with Crippen molar-refractivity contribution in [3.8, 4) is 5.75 Å². The van der Waals surface area contributed by atoms with Crippen LogP contribution in [0.4, 0.5) is 0 Å². The molecule has 1 N–H and O–H groups in total. The lowest BCUT2D eigenvalue weighted by Crippen LogP contribution is -2.49. The third-order valence-electron chi connectivity index (χ3n) is 6.50. The first-order valence-corrected chi connectivity index (χ1v) is 13.5. The molecule has 3 heterocycles. The van der Waals surface area contributed by atoms with Gasteiger partial charge in [0, 0.05) is 31.1 Å². The van der Waals surface area contributed by atoms with Gasteiger partial charge >= 0.3 is 0 Å². The van der Waals surface area contributed by atoms with E-state index in [0.29, 0.717) is 26.2 Å². The van der Waals surface area contributed by atoms with E-state index in [1.807, 2.05) is 54.0 Å². The molecule has 2 aromatic rings. The van der Waals surface area contributed by atoms with Crippen LogP contribution in [0.25, 0.3) is 0 Å². The lowest BCUT2D eigenvalue weighted by molar-refractivity contribution is -0.137. The first-order valence-electron chi connectivity index (χ1n) is 12.7. The number of ether oxygens (including phenoxy) is 3. The van der Waals surface area contributed by atoms with Crippen LogP contribution in [0.2, 0.25) is 0 Å². The summed E-state index contributed by atoms with van der Waals surface area (Å²) in [7, 11) is 0. The molecule has 3 atom stereocenters. The summed E-state index contributed by atoms with van der Waals surface area (Å²) in [6.45, 7) is 7.24. The van der Waals surface area contributed by atoms with Gasteiger partial charge in [-0.1, -0.05) is 18.2 Å². The van der Waals surface area contributed by atoms with Gasteiger partial charge in [0.05, 0.1) is 37.5 Å². The molecule has 8 heteroatoms. The van der Waals surface area contributed by atoms with Crippen LogP contribution in [0, 0.1) is 0 Å². The number of thiophene rings is 1. The predicted molar refractivity (Wildman–Crippen MR) is 137 cm³/mol. The van der Waals surface area contributed by atoms with Crippen LogP contribution in [0.15, 0.2) is 41.8 Å². The molecule has 2 aliphatic rings. The molecule has 0 spiro atoms. The molecule has 1 fully saturated rings. The van der Waals surface area contributed by atoms with Gasteiger partial charge in [0.15, 0.2) is 0 Å². The Hall–Kier alpha value is -1.97. The lowest BCUT2D eigenvalue weighted by atomic mass is 10.0. The van der Waals surface area contributed by atoms with Gasteiger partial charge in [-0.25, -0.2) is 0 Å². The van der Waals surface area contributed by atoms with Crippen molar-refractivity contribution >= 4 is 17.2 Å². The fourth-order valence-electron chi connectivity index (χ4n) is 4.78. The van der Waals surface area contributed by atoms with Crippen molar-refractivity contribution in [2.45, 2.75) is 57.5 Å². The van der Waals surface area contributed by atoms with E-state index in [4.69, 9.17) is 14.2 Å². The van der Waals surface area contributed by atoms with E-state index in [1.165, 1.54) is 10.4 Å². The molecule has 7 nitrogen and oxygen atoms in total. The van der Waals surface area contributed by atoms with Gasteiger partial charge in [-0.3, -0.25) is 9.69 Å². The van der Waals surface area contributed by atoms with E-state index in [2.05, 4.69) is 11.4 Å². The Bertz CT molecular complexity index is 915. The normalized spacial score (nSPS) is 20.9. The molecule has 0 bridgehead atoms. The van der Waals surface area contributed by atoms with E-state index in [9.17, 15) is 9.90 Å². The van der Waals surface area contributed by atoms with E-state index in [-0.39, 0.29) is 37.3 Å². The summed E-state index contributed by atoms with van der Waals surface area (Å²) in [6, 6.07) is 11.7. The zero-order valence-electron chi connectivity index (χ0n) is 20.8. The Kier molecular flexibility index (Phi) is 9.57. The van der Waals surface area contributed by atoms with Crippen molar-refractivity contribution in [3.63, 3.8) is 0 Å². The quantitative estimate of drug-likeness (QED) is 0.479. The number of aliphatic hydroxyl groups excluding tert-OH is 1. The third-order valence-corrected chi connectivity index (χ3v) is 7.50. The van der Waals surface area contributed by atoms with Crippen LogP contribution in [-0.4, -0.2) is 85.1 Å². The van der Waals surface area contributed by atoms with E-state index >= 15 is 0 Å². The number of aliphatic hydroxyl groups is 1. The first kappa shape index (κ1) is 26.1. The van der Waals surface area contributed by atoms with Gasteiger partial charge in [-0.05, 0) is 62.3 Å². The smallest absolute Gasteiger partial charge is 0.237 e. The number of carbonyl (C=O) groups is 1. The van der Waals surface area contributed by atoms with Crippen molar-refractivity contribution in [1.29, 1.82) is 0 Å². The number of rotatable bonds is 12. The van der Waals surface area contributed by atoms with Gasteiger partial charge in [0.25, 0.3) is 0 Å². The summed E-state index contributed by atoms with van der Waals surface area (Å²) >= 11 is 1.75. The zero-order valence-corrected chi connectivity index (χ0v) is 21.6. The highest BCUT2D eigenvalue weighted by Crippen LogP contribution is 2.34. The SMILES string of the molecule is CC(C)OCC(O)CN(CC(=O)N1CCc2sccc2C1COc1ccccc1)CC1CCCO1. The molecular formula is C27H38N2O5S. The highest BCUT2D eigenvalue weighted by Gasteiger charge is 2.33. The Morgan fingerprint density at radius 2 is 2.11 bits per heavy atom. The van der Waals surface area contributed by atoms with Gasteiger partial charge in [-0.15, -0.1) is 11.3 Å². The molecule has 192 valence electrons. The third kappa shape index (κ3) is 7.51. The van der Waals surface area contributed by atoms with Crippen molar-refractivity contribution in [2.75, 3.05) is 46.0 Å². The van der Waals surface area contributed by atoms with Crippen molar-refractivity contribution in [1.82, 2.24) is 9.80 Å². The maximum absolute atomic E-state index is 13.7. The predicted octanol–water partition coefficient (Wildman–Crippen LogP) is 3.52. The molecule has 1 saturated heterocycles. The number of amides is 1. The molecule has 0 saturated carbocycles. The minimum Gasteiger partial charge on any atom is -0.491 e. The second-order valence-electron chi connectivity index (χ2n) is 9.64. The zero-order chi connectivity index (χ0) is 24.6. The van der Waals surface area contributed by atoms with Gasteiger partial charge in [-0.2, -0.15) is 0 Å². The molecule has 0 aliphatic carbocycles. The highest BCUT2D eigenvalue weighted by atomic mass is 32.1. The maximum Gasteiger partial charge on any atom is 0.237 e. The number of fused-ring (bicyclic) bond motifs is 1. The Balaban J connectivity index is 1.44. The fraction of sp³-hybridized carbons (Fsp3) is 0.593. The first-order chi connectivity index (χ1) is 17.0. The number of para-hydroxylation sites is 1. The average Bonchev–Trinajstić information content (AvgIpc) is 3.54. The maximum atomic E-state index is 13.7. The number of nitrogens with zero attached hydrogens (tertiary/aromatic N) is 2. The van der Waals surface area contributed by atoms with Crippen LogP contribution in [-0.2, 0) is 20.7 Å². The topological polar surface area (TPSA) is 71.5 Å². The second kappa shape index (κ2) is 12.8. The Morgan fingerprint density at radius 3 is 2.86 bits per heavy atom. The number of carbonyl (C=O) groups excluding carboxylic acids is 1. The minimum atomic E-state index is -0.659. The van der Waals surface area contributed by atoms with Gasteiger partial charge < -0.3 is 24.2 Å². The number of benzene rings is 1. The summed E-state index contributed by atoms with van der Waals surface area (Å²) in [6.07, 6.45) is 2.38. The molecule has 1 amide bonds. The number of hydrogen-bond donors (Lipinski definition) is 1. The van der Waals surface area contributed by atoms with Crippen molar-refractivity contribution in [3.05, 3.63) is 52.2 Å². The van der Waals surface area contributed by atoms with Gasteiger partial charge in [0.2, 0.25) is 5.91 Å². The molecule has 2 aliphatic heterocycles. The van der Waals surface area contributed by atoms with E-state index < -0.39 is 6.10 Å². The molecular weight excluding hydrogens is 464 g/mol. The standard InChI is InChI=1S/C27H38N2O5S/c1-20(2)33-18-21(30)15-28(16-23-9-6-13-32-23)17-27(31)29-12-10-26-24(11-14-35-26)25(29)19-34-22-7-4-3-5-8-22/h3-5,7-8,11,14,20-21,23,25,30H,6,9-10,12-13,15-19H2,1-2H3. The molecule has 0 radical (unpaired) electrons. The summed E-state index contributed by atoms with van der Waals surface area (Å²) in [5, 5.41) is 12.7. The number of hydrogen-bond acceptors (Lipinski definition) is 7. The molecule has 3 unspecified atom stereocenters. The summed E-state index contributed by atoms with van der Waals surface area (Å²) in [5.41, 5.74) is 1.18. The van der Waals surface area contributed by atoms with Crippen molar-refractivity contribution in [2.24, 2.45) is 0 Å². The lowest BCUT2D eigenvalue weighted by Gasteiger charge is -2.37. The molecule has 1 aromatic carbocycles. The van der Waals surface area contributed by atoms with Crippen molar-refractivity contribution < 1.29 is 24.1 Å². The van der Waals surface area contributed by atoms with Crippen LogP contribution in [0.3, 0.4) is 0 Å². The largest absolute Gasteiger partial charge is 0.491 e.